The molecule has 0 atom stereocenters. The van der Waals surface area contributed by atoms with Crippen LogP contribution in [-0.4, -0.2) is 5.75 Å². The molecule has 30 heavy (non-hydrogen) atoms. The minimum Gasteiger partial charge on any atom is -0.309 e. The van der Waals surface area contributed by atoms with Crippen LogP contribution in [0.3, 0.4) is 0 Å². The molecular formula is C27H21OPS. The SMILES string of the molecule is O=P(C1=C(c2ccccc2)c2ccccc2SC1)(c1ccccc1)c1ccccc1. The smallest absolute Gasteiger partial charge is 0.168 e. The van der Waals surface area contributed by atoms with Gasteiger partial charge in [-0.25, -0.2) is 0 Å². The molecule has 1 nitrogen and oxygen atoms in total. The summed E-state index contributed by atoms with van der Waals surface area (Å²) in [6.07, 6.45) is 0. The minimum absolute atomic E-state index is 0.711. The van der Waals surface area contributed by atoms with Gasteiger partial charge in [0.2, 0.25) is 0 Å². The molecule has 0 saturated carbocycles. The summed E-state index contributed by atoms with van der Waals surface area (Å²) in [5.74, 6) is 0.711. The molecule has 0 aromatic heterocycles. The highest BCUT2D eigenvalue weighted by Gasteiger charge is 2.37. The molecule has 0 N–H and O–H groups in total. The van der Waals surface area contributed by atoms with Gasteiger partial charge in [0.05, 0.1) is 0 Å². The minimum atomic E-state index is -3.02. The maximum absolute atomic E-state index is 15.1. The largest absolute Gasteiger partial charge is 0.309 e. The first-order valence-electron chi connectivity index (χ1n) is 10.0. The van der Waals surface area contributed by atoms with E-state index in [2.05, 4.69) is 48.5 Å². The van der Waals surface area contributed by atoms with Crippen LogP contribution < -0.4 is 10.6 Å². The zero-order valence-electron chi connectivity index (χ0n) is 16.4. The zero-order valence-corrected chi connectivity index (χ0v) is 18.2. The molecule has 4 aromatic carbocycles. The van der Waals surface area contributed by atoms with Crippen molar-refractivity contribution in [3.05, 3.63) is 132 Å². The lowest BCUT2D eigenvalue weighted by molar-refractivity contribution is 0.590. The summed E-state index contributed by atoms with van der Waals surface area (Å²) < 4.78 is 15.1. The monoisotopic (exact) mass is 424 g/mol. The quantitative estimate of drug-likeness (QED) is 0.345. The van der Waals surface area contributed by atoms with Gasteiger partial charge < -0.3 is 4.57 Å². The summed E-state index contributed by atoms with van der Waals surface area (Å²) in [6, 6.07) is 38.8. The van der Waals surface area contributed by atoms with Crippen LogP contribution in [0.1, 0.15) is 11.1 Å². The van der Waals surface area contributed by atoms with Gasteiger partial charge in [0.25, 0.3) is 0 Å². The van der Waals surface area contributed by atoms with Crippen molar-refractivity contribution in [3.8, 4) is 0 Å². The van der Waals surface area contributed by atoms with E-state index in [0.29, 0.717) is 5.75 Å². The Morgan fingerprint density at radius 1 is 0.600 bits per heavy atom. The van der Waals surface area contributed by atoms with Gasteiger partial charge in [-0.1, -0.05) is 109 Å². The summed E-state index contributed by atoms with van der Waals surface area (Å²) in [5.41, 5.74) is 3.40. The molecule has 0 bridgehead atoms. The molecule has 0 spiro atoms. The Kier molecular flexibility index (Phi) is 5.21. The summed E-state index contributed by atoms with van der Waals surface area (Å²) in [4.78, 5) is 1.24. The van der Waals surface area contributed by atoms with Crippen LogP contribution in [0, 0.1) is 0 Å². The predicted molar refractivity (Wildman–Crippen MR) is 129 cm³/mol. The second kappa shape index (κ2) is 8.14. The maximum Gasteiger partial charge on any atom is 0.168 e. The lowest BCUT2D eigenvalue weighted by atomic mass is 9.97. The van der Waals surface area contributed by atoms with Crippen molar-refractivity contribution in [1.82, 2.24) is 0 Å². The van der Waals surface area contributed by atoms with Crippen molar-refractivity contribution in [2.24, 2.45) is 0 Å². The third-order valence-electron chi connectivity index (χ3n) is 5.49. The van der Waals surface area contributed by atoms with Gasteiger partial charge in [-0.2, -0.15) is 0 Å². The predicted octanol–water partition coefficient (Wildman–Crippen LogP) is 6.57. The summed E-state index contributed by atoms with van der Waals surface area (Å²) in [5, 5.41) is 2.80. The van der Waals surface area contributed by atoms with E-state index in [1.807, 2.05) is 66.7 Å². The number of rotatable bonds is 4. The third kappa shape index (κ3) is 3.27. The van der Waals surface area contributed by atoms with E-state index in [1.165, 1.54) is 10.5 Å². The zero-order chi connectivity index (χ0) is 20.4. The molecule has 146 valence electrons. The van der Waals surface area contributed by atoms with E-state index in [1.54, 1.807) is 11.8 Å². The molecule has 3 heteroatoms. The first-order chi connectivity index (χ1) is 14.8. The van der Waals surface area contributed by atoms with E-state index in [-0.39, 0.29) is 0 Å². The molecule has 0 unspecified atom stereocenters. The van der Waals surface area contributed by atoms with Crippen molar-refractivity contribution in [2.75, 3.05) is 5.75 Å². The van der Waals surface area contributed by atoms with Crippen LogP contribution in [0.5, 0.6) is 0 Å². The Morgan fingerprint density at radius 3 is 1.70 bits per heavy atom. The normalized spacial score (nSPS) is 13.7. The van der Waals surface area contributed by atoms with E-state index in [0.717, 1.165) is 27.1 Å². The van der Waals surface area contributed by atoms with Gasteiger partial charge in [-0.15, -0.1) is 11.8 Å². The van der Waals surface area contributed by atoms with Crippen molar-refractivity contribution < 1.29 is 4.57 Å². The Hall–Kier alpha value is -2.80. The third-order valence-corrected chi connectivity index (χ3v) is 10.00. The van der Waals surface area contributed by atoms with Crippen molar-refractivity contribution in [2.45, 2.75) is 4.90 Å². The number of benzene rings is 4. The van der Waals surface area contributed by atoms with Crippen LogP contribution in [-0.2, 0) is 4.57 Å². The van der Waals surface area contributed by atoms with Gasteiger partial charge in [-0.3, -0.25) is 0 Å². The summed E-state index contributed by atoms with van der Waals surface area (Å²) in [7, 11) is -3.02. The van der Waals surface area contributed by atoms with Crippen molar-refractivity contribution in [1.29, 1.82) is 0 Å². The van der Waals surface area contributed by atoms with Crippen LogP contribution in [0.4, 0.5) is 0 Å². The van der Waals surface area contributed by atoms with E-state index < -0.39 is 7.14 Å². The van der Waals surface area contributed by atoms with E-state index in [4.69, 9.17) is 0 Å². The van der Waals surface area contributed by atoms with Crippen LogP contribution >= 0.6 is 18.9 Å². The van der Waals surface area contributed by atoms with E-state index >= 15 is 4.57 Å². The van der Waals surface area contributed by atoms with Gasteiger partial charge >= 0.3 is 0 Å². The summed E-state index contributed by atoms with van der Waals surface area (Å²) in [6.45, 7) is 0. The Bertz CT molecular complexity index is 1200. The average molecular weight is 425 g/mol. The fraction of sp³-hybridized carbons (Fsp3) is 0.0370. The molecule has 1 heterocycles. The number of hydrogen-bond donors (Lipinski definition) is 0. The van der Waals surface area contributed by atoms with Crippen LogP contribution in [0.15, 0.2) is 125 Å². The van der Waals surface area contributed by atoms with Gasteiger partial charge in [0.15, 0.2) is 7.14 Å². The molecule has 4 aromatic rings. The van der Waals surface area contributed by atoms with E-state index in [9.17, 15) is 0 Å². The fourth-order valence-electron chi connectivity index (χ4n) is 4.08. The fourth-order valence-corrected chi connectivity index (χ4v) is 8.61. The first kappa shape index (κ1) is 19.2. The Morgan fingerprint density at radius 2 is 1.10 bits per heavy atom. The molecule has 0 fully saturated rings. The molecule has 0 saturated heterocycles. The van der Waals surface area contributed by atoms with Gasteiger partial charge in [-0.05, 0) is 22.8 Å². The highest BCUT2D eigenvalue weighted by Crippen LogP contribution is 2.59. The van der Waals surface area contributed by atoms with Crippen LogP contribution in [0.25, 0.3) is 5.57 Å². The Balaban J connectivity index is 1.88. The number of thioether (sulfide) groups is 1. The second-order valence-electron chi connectivity index (χ2n) is 7.25. The molecule has 5 rings (SSSR count). The Labute approximate surface area is 181 Å². The lowest BCUT2D eigenvalue weighted by Crippen LogP contribution is -2.20. The molecular weight excluding hydrogens is 403 g/mol. The van der Waals surface area contributed by atoms with Gasteiger partial charge in [0, 0.05) is 26.6 Å². The standard InChI is InChI=1S/C27H21OPS/c28-29(22-14-6-2-7-15-22,23-16-8-3-9-17-23)25-20-30-26-19-11-10-18-24(26)27(25)21-12-4-1-5-13-21/h1-19H,20H2. The van der Waals surface area contributed by atoms with Crippen molar-refractivity contribution >= 4 is 35.1 Å². The molecule has 0 aliphatic carbocycles. The molecule has 0 radical (unpaired) electrons. The molecule has 1 aliphatic heterocycles. The topological polar surface area (TPSA) is 17.1 Å². The van der Waals surface area contributed by atoms with Crippen LogP contribution in [0.2, 0.25) is 0 Å². The summed E-state index contributed by atoms with van der Waals surface area (Å²) >= 11 is 1.78. The maximum atomic E-state index is 15.1. The van der Waals surface area contributed by atoms with Gasteiger partial charge in [0.1, 0.15) is 0 Å². The number of fused-ring (bicyclic) bond motifs is 1. The molecule has 0 amide bonds. The first-order valence-corrected chi connectivity index (χ1v) is 12.7. The average Bonchev–Trinajstić information content (AvgIpc) is 2.84. The lowest BCUT2D eigenvalue weighted by Gasteiger charge is -2.30. The van der Waals surface area contributed by atoms with Crippen molar-refractivity contribution in [3.63, 3.8) is 0 Å². The molecule has 1 aliphatic rings. The second-order valence-corrected chi connectivity index (χ2v) is 11.1. The highest BCUT2D eigenvalue weighted by molar-refractivity contribution is 8.00. The highest BCUT2D eigenvalue weighted by atomic mass is 32.2. The number of hydrogen-bond acceptors (Lipinski definition) is 2.